The topological polar surface area (TPSA) is 63.4 Å². The van der Waals surface area contributed by atoms with E-state index < -0.39 is 10.0 Å². The Hall–Kier alpha value is -0.130. The van der Waals surface area contributed by atoms with Crippen molar-refractivity contribution in [2.24, 2.45) is 11.7 Å². The number of hydrogen-bond donors (Lipinski definition) is 1. The molecule has 2 atom stereocenters. The van der Waals surface area contributed by atoms with Crippen LogP contribution in [0.3, 0.4) is 0 Å². The Kier molecular flexibility index (Phi) is 4.58. The number of rotatable bonds is 6. The smallest absolute Gasteiger partial charge is 0.217 e. The van der Waals surface area contributed by atoms with Gasteiger partial charge in [0, 0.05) is 18.6 Å². The number of sulfonamides is 1. The minimum atomic E-state index is -3.13. The summed E-state index contributed by atoms with van der Waals surface area (Å²) in [6, 6.07) is 0. The van der Waals surface area contributed by atoms with Gasteiger partial charge in [0.25, 0.3) is 0 Å². The van der Waals surface area contributed by atoms with Crippen LogP contribution >= 0.6 is 0 Å². The van der Waals surface area contributed by atoms with Gasteiger partial charge in [-0.2, -0.15) is 4.31 Å². The highest BCUT2D eigenvalue weighted by Crippen LogP contribution is 2.41. The van der Waals surface area contributed by atoms with E-state index in [4.69, 9.17) is 5.73 Å². The number of nitrogens with two attached hydrogens (primary N) is 1. The van der Waals surface area contributed by atoms with Crippen LogP contribution in [0.1, 0.15) is 58.8 Å². The Morgan fingerprint density at radius 1 is 1.32 bits per heavy atom. The average molecular weight is 288 g/mol. The van der Waals surface area contributed by atoms with Crippen LogP contribution in [0.15, 0.2) is 0 Å². The van der Waals surface area contributed by atoms with Gasteiger partial charge in [-0.15, -0.1) is 0 Å². The zero-order valence-electron chi connectivity index (χ0n) is 12.3. The molecule has 0 radical (unpaired) electrons. The maximum absolute atomic E-state index is 12.7. The van der Waals surface area contributed by atoms with Crippen LogP contribution in [-0.4, -0.2) is 36.6 Å². The van der Waals surface area contributed by atoms with Crippen molar-refractivity contribution >= 4 is 10.0 Å². The third-order valence-electron chi connectivity index (χ3n) is 4.66. The van der Waals surface area contributed by atoms with Gasteiger partial charge in [-0.1, -0.05) is 26.7 Å². The van der Waals surface area contributed by atoms with Gasteiger partial charge in [-0.3, -0.25) is 0 Å². The average Bonchev–Trinajstić information content (AvgIpc) is 3.20. The summed E-state index contributed by atoms with van der Waals surface area (Å²) in [5, 5.41) is -0.125. The first-order valence-corrected chi connectivity index (χ1v) is 9.18. The van der Waals surface area contributed by atoms with Crippen molar-refractivity contribution in [3.63, 3.8) is 0 Å². The Morgan fingerprint density at radius 2 is 2.00 bits per heavy atom. The summed E-state index contributed by atoms with van der Waals surface area (Å²) in [6.45, 7) is 5.36. The van der Waals surface area contributed by atoms with Crippen LogP contribution in [0.2, 0.25) is 0 Å². The summed E-state index contributed by atoms with van der Waals surface area (Å²) < 4.78 is 27.2. The first kappa shape index (κ1) is 15.3. The molecule has 0 spiro atoms. The maximum Gasteiger partial charge on any atom is 0.217 e. The molecular weight excluding hydrogens is 260 g/mol. The fraction of sp³-hybridized carbons (Fsp3) is 1.00. The minimum absolute atomic E-state index is 0.125. The molecule has 2 aliphatic rings. The predicted molar refractivity (Wildman–Crippen MR) is 78.4 cm³/mol. The molecule has 0 heterocycles. The largest absolute Gasteiger partial charge is 0.329 e. The molecule has 0 amide bonds. The second-order valence-corrected chi connectivity index (χ2v) is 8.58. The summed E-state index contributed by atoms with van der Waals surface area (Å²) in [7, 11) is -3.13. The van der Waals surface area contributed by atoms with Crippen molar-refractivity contribution < 1.29 is 8.42 Å². The van der Waals surface area contributed by atoms with Crippen molar-refractivity contribution in [1.29, 1.82) is 0 Å². The first-order chi connectivity index (χ1) is 8.96. The molecule has 5 heteroatoms. The Balaban J connectivity index is 2.29. The SMILES string of the molecule is CCCN(C1(CN)CCCC(C)C1)S(=O)(=O)C1CC1. The number of nitrogens with zero attached hydrogens (tertiary/aromatic N) is 1. The van der Waals surface area contributed by atoms with Gasteiger partial charge in [0.2, 0.25) is 10.0 Å². The molecule has 0 saturated heterocycles. The van der Waals surface area contributed by atoms with E-state index in [2.05, 4.69) is 6.92 Å². The molecule has 4 nitrogen and oxygen atoms in total. The van der Waals surface area contributed by atoms with Gasteiger partial charge in [-0.25, -0.2) is 8.42 Å². The lowest BCUT2D eigenvalue weighted by molar-refractivity contribution is 0.108. The zero-order valence-corrected chi connectivity index (χ0v) is 13.1. The molecule has 0 bridgehead atoms. The van der Waals surface area contributed by atoms with Crippen molar-refractivity contribution in [1.82, 2.24) is 4.31 Å². The molecule has 2 aliphatic carbocycles. The normalized spacial score (nSPS) is 32.7. The van der Waals surface area contributed by atoms with Gasteiger partial charge in [0.1, 0.15) is 0 Å². The second-order valence-electron chi connectivity index (χ2n) is 6.45. The standard InChI is InChI=1S/C14H28N2O2S/c1-3-9-16(19(17,18)13-6-7-13)14(11-15)8-4-5-12(2)10-14/h12-13H,3-11,15H2,1-2H3. The van der Waals surface area contributed by atoms with Crippen LogP contribution in [0.4, 0.5) is 0 Å². The summed E-state index contributed by atoms with van der Waals surface area (Å²) in [5.41, 5.74) is 5.73. The van der Waals surface area contributed by atoms with E-state index in [1.807, 2.05) is 6.92 Å². The lowest BCUT2D eigenvalue weighted by Crippen LogP contribution is -2.59. The van der Waals surface area contributed by atoms with E-state index in [9.17, 15) is 8.42 Å². The van der Waals surface area contributed by atoms with E-state index in [1.165, 1.54) is 6.42 Å². The summed E-state index contributed by atoms with van der Waals surface area (Å²) in [6.07, 6.45) is 6.68. The molecule has 0 aliphatic heterocycles. The monoisotopic (exact) mass is 288 g/mol. The van der Waals surface area contributed by atoms with Crippen LogP contribution in [0, 0.1) is 5.92 Å². The second kappa shape index (κ2) is 5.70. The third kappa shape index (κ3) is 2.98. The van der Waals surface area contributed by atoms with E-state index >= 15 is 0 Å². The molecule has 2 rings (SSSR count). The van der Waals surface area contributed by atoms with E-state index in [1.54, 1.807) is 4.31 Å². The maximum atomic E-state index is 12.7. The van der Waals surface area contributed by atoms with Gasteiger partial charge in [0.05, 0.1) is 5.25 Å². The Bertz CT molecular complexity index is 406. The quantitative estimate of drug-likeness (QED) is 0.814. The molecule has 19 heavy (non-hydrogen) atoms. The summed E-state index contributed by atoms with van der Waals surface area (Å²) in [4.78, 5) is 0. The van der Waals surface area contributed by atoms with Crippen LogP contribution in [0.5, 0.6) is 0 Å². The molecular formula is C14H28N2O2S. The van der Waals surface area contributed by atoms with Crippen LogP contribution in [0.25, 0.3) is 0 Å². The predicted octanol–water partition coefficient (Wildman–Crippen LogP) is 2.10. The summed E-state index contributed by atoms with van der Waals surface area (Å²) >= 11 is 0. The van der Waals surface area contributed by atoms with Crippen LogP contribution < -0.4 is 5.73 Å². The minimum Gasteiger partial charge on any atom is -0.329 e. The molecule has 0 aromatic rings. The fourth-order valence-electron chi connectivity index (χ4n) is 3.53. The third-order valence-corrected chi connectivity index (χ3v) is 7.15. The van der Waals surface area contributed by atoms with Gasteiger partial charge < -0.3 is 5.73 Å². The first-order valence-electron chi connectivity index (χ1n) is 7.68. The fourth-order valence-corrected chi connectivity index (χ4v) is 5.84. The molecule has 2 N–H and O–H groups in total. The number of hydrogen-bond acceptors (Lipinski definition) is 3. The lowest BCUT2D eigenvalue weighted by atomic mass is 9.76. The highest BCUT2D eigenvalue weighted by atomic mass is 32.2. The molecule has 2 fully saturated rings. The van der Waals surface area contributed by atoms with Gasteiger partial charge in [-0.05, 0) is 38.0 Å². The Morgan fingerprint density at radius 3 is 2.47 bits per heavy atom. The highest BCUT2D eigenvalue weighted by molar-refractivity contribution is 7.90. The van der Waals surface area contributed by atoms with Crippen molar-refractivity contribution in [3.8, 4) is 0 Å². The van der Waals surface area contributed by atoms with Crippen LogP contribution in [-0.2, 0) is 10.0 Å². The molecule has 112 valence electrons. The van der Waals surface area contributed by atoms with Gasteiger partial charge >= 0.3 is 0 Å². The lowest BCUT2D eigenvalue weighted by Gasteiger charge is -2.46. The van der Waals surface area contributed by atoms with Gasteiger partial charge in [0.15, 0.2) is 0 Å². The van der Waals surface area contributed by atoms with E-state index in [0.29, 0.717) is 19.0 Å². The zero-order chi connectivity index (χ0) is 14.1. The highest BCUT2D eigenvalue weighted by Gasteiger charge is 2.49. The van der Waals surface area contributed by atoms with E-state index in [-0.39, 0.29) is 10.8 Å². The van der Waals surface area contributed by atoms with E-state index in [0.717, 1.165) is 38.5 Å². The van der Waals surface area contributed by atoms with Crippen molar-refractivity contribution in [2.75, 3.05) is 13.1 Å². The molecule has 2 unspecified atom stereocenters. The van der Waals surface area contributed by atoms with Crippen molar-refractivity contribution in [3.05, 3.63) is 0 Å². The molecule has 2 saturated carbocycles. The summed E-state index contributed by atoms with van der Waals surface area (Å²) in [5.74, 6) is 0.575. The van der Waals surface area contributed by atoms with Crippen molar-refractivity contribution in [2.45, 2.75) is 69.6 Å². The molecule has 0 aromatic carbocycles. The Labute approximate surface area is 117 Å². The molecule has 0 aromatic heterocycles.